The Hall–Kier alpha value is -1.30. The van der Waals surface area contributed by atoms with Gasteiger partial charge in [-0.25, -0.2) is 0 Å². The molecular formula is C37H68N2O12. The first-order valence-electron chi connectivity index (χ1n) is 18.5. The Balaban J connectivity index is 2.18. The van der Waals surface area contributed by atoms with Gasteiger partial charge in [0.15, 0.2) is 12.6 Å². The number of cyclic esters (lactones) is 1. The van der Waals surface area contributed by atoms with Crippen LogP contribution in [0.5, 0.6) is 0 Å². The van der Waals surface area contributed by atoms with E-state index in [0.29, 0.717) is 6.42 Å². The number of hydrogen-bond donors (Lipinski definition) is 6. The van der Waals surface area contributed by atoms with Crippen molar-refractivity contribution < 1.29 is 58.7 Å². The fourth-order valence-electron chi connectivity index (χ4n) is 8.43. The van der Waals surface area contributed by atoms with Crippen LogP contribution in [0.15, 0.2) is 0 Å². The predicted octanol–water partition coefficient (Wildman–Crippen LogP) is 2.24. The van der Waals surface area contributed by atoms with E-state index in [9.17, 15) is 30.3 Å². The van der Waals surface area contributed by atoms with Crippen LogP contribution in [0.25, 0.3) is 0 Å². The Bertz CT molecular complexity index is 1170. The molecule has 3 aliphatic rings. The molecule has 0 aromatic heterocycles. The van der Waals surface area contributed by atoms with Crippen LogP contribution in [-0.4, -0.2) is 148 Å². The number of nitrogens with one attached hydrogen (secondary N) is 1. The minimum Gasteiger partial charge on any atom is -0.459 e. The maximum atomic E-state index is 14.1. The molecule has 18 atom stereocenters. The Morgan fingerprint density at radius 1 is 0.922 bits per heavy atom. The fraction of sp³-hybridized carbons (Fsp3) is 0.946. The molecule has 14 heteroatoms. The number of aliphatic hydroxyl groups excluding tert-OH is 3. The quantitative estimate of drug-likeness (QED) is 0.209. The summed E-state index contributed by atoms with van der Waals surface area (Å²) in [5, 5.41) is 66.9. The van der Waals surface area contributed by atoms with Crippen molar-refractivity contribution in [2.75, 3.05) is 21.2 Å². The van der Waals surface area contributed by atoms with E-state index >= 15 is 0 Å². The highest BCUT2D eigenvalue weighted by Crippen LogP contribution is 2.40. The SMILES string of the molecule is CC[C@@H]1OC(=O)[C@H](C)[C@H](O[C@@H]2C[C@](C)(OC)[C@H](O)[C@H](C)O2)[C@H](C)[C@H](O[C@@H]2O[C@H](C)C[C@H](N(C)C)[C@H]2O)[C@@](C)(O)C[C@H](C)C(=N)[C@@H](C)[C@@H](O)[C@@]1(C)O. The summed E-state index contributed by atoms with van der Waals surface area (Å²) in [6.45, 7) is 16.8. The molecule has 3 aliphatic heterocycles. The molecule has 0 spiro atoms. The third-order valence-electron chi connectivity index (χ3n) is 11.9. The van der Waals surface area contributed by atoms with Crippen molar-refractivity contribution in [1.82, 2.24) is 4.90 Å². The van der Waals surface area contributed by atoms with Crippen molar-refractivity contribution >= 4 is 11.7 Å². The van der Waals surface area contributed by atoms with Gasteiger partial charge in [0.2, 0.25) is 0 Å². The molecule has 3 rings (SSSR count). The predicted molar refractivity (Wildman–Crippen MR) is 189 cm³/mol. The Morgan fingerprint density at radius 2 is 1.53 bits per heavy atom. The summed E-state index contributed by atoms with van der Waals surface area (Å²) in [7, 11) is 5.21. The Labute approximate surface area is 304 Å². The molecule has 0 radical (unpaired) electrons. The normalized spacial score (nSPS) is 49.7. The van der Waals surface area contributed by atoms with Gasteiger partial charge in [-0.15, -0.1) is 0 Å². The second kappa shape index (κ2) is 17.0. The lowest BCUT2D eigenvalue weighted by molar-refractivity contribution is -0.317. The summed E-state index contributed by atoms with van der Waals surface area (Å²) in [5.74, 6) is -4.02. The number of nitrogens with zero attached hydrogens (tertiary/aromatic N) is 1. The number of ether oxygens (including phenoxy) is 6. The van der Waals surface area contributed by atoms with Crippen molar-refractivity contribution in [3.63, 3.8) is 0 Å². The highest BCUT2D eigenvalue weighted by molar-refractivity contribution is 5.86. The summed E-state index contributed by atoms with van der Waals surface area (Å²) >= 11 is 0. The number of carbonyl (C=O) groups excluding carboxylic acids is 1. The van der Waals surface area contributed by atoms with Crippen molar-refractivity contribution in [2.45, 2.75) is 179 Å². The molecule has 0 amide bonds. The monoisotopic (exact) mass is 732 g/mol. The lowest BCUT2D eigenvalue weighted by Gasteiger charge is -2.49. The van der Waals surface area contributed by atoms with Crippen LogP contribution in [0.1, 0.15) is 94.9 Å². The van der Waals surface area contributed by atoms with Gasteiger partial charge in [0.05, 0.1) is 47.6 Å². The molecule has 0 unspecified atom stereocenters. The van der Waals surface area contributed by atoms with Crippen LogP contribution < -0.4 is 0 Å². The lowest BCUT2D eigenvalue weighted by atomic mass is 9.73. The van der Waals surface area contributed by atoms with E-state index in [1.54, 1.807) is 55.4 Å². The van der Waals surface area contributed by atoms with Gasteiger partial charge in [0, 0.05) is 37.1 Å². The average molecular weight is 733 g/mol. The van der Waals surface area contributed by atoms with Crippen LogP contribution >= 0.6 is 0 Å². The summed E-state index contributed by atoms with van der Waals surface area (Å²) < 4.78 is 37.2. The van der Waals surface area contributed by atoms with Crippen molar-refractivity contribution in [2.24, 2.45) is 23.7 Å². The summed E-state index contributed by atoms with van der Waals surface area (Å²) in [6.07, 6.45) is -9.12. The van der Waals surface area contributed by atoms with Crippen LogP contribution in [-0.2, 0) is 33.2 Å². The van der Waals surface area contributed by atoms with Crippen molar-refractivity contribution in [3.05, 3.63) is 0 Å². The molecule has 0 aromatic rings. The minimum atomic E-state index is -1.91. The molecule has 0 aromatic carbocycles. The van der Waals surface area contributed by atoms with Crippen LogP contribution in [0.4, 0.5) is 0 Å². The van der Waals surface area contributed by atoms with Gasteiger partial charge < -0.3 is 64.3 Å². The van der Waals surface area contributed by atoms with E-state index in [4.69, 9.17) is 33.8 Å². The average Bonchev–Trinajstić information content (AvgIpc) is 3.05. The smallest absolute Gasteiger partial charge is 0.311 e. The summed E-state index contributed by atoms with van der Waals surface area (Å²) in [4.78, 5) is 16.0. The van der Waals surface area contributed by atoms with Crippen LogP contribution in [0.3, 0.4) is 0 Å². The number of hydrogen-bond acceptors (Lipinski definition) is 14. The van der Waals surface area contributed by atoms with Crippen LogP contribution in [0, 0.1) is 29.1 Å². The number of likely N-dealkylation sites (N-methyl/N-ethyl adjacent to an activating group) is 1. The molecule has 0 aliphatic carbocycles. The van der Waals surface area contributed by atoms with Gasteiger partial charge in [0.25, 0.3) is 0 Å². The standard InChI is InChI=1S/C37H68N2O12/c1-14-25-37(10,45)30(41)20(4)27(38)18(2)16-35(8,44)32(51-34-28(40)24(39(11)12)15-19(3)47-34)21(5)29(22(6)33(43)49-25)50-26-17-36(9,46-13)31(42)23(7)48-26/h18-26,28-32,34,38,40-42,44-45H,14-17H2,1-13H3/t18-,19+,20+,21-,22+,23-,24-,25-,26+,28+,29+,30+,31+,32-,34-,35-,36-,37-/m0/s1. The van der Waals surface area contributed by atoms with Crippen molar-refractivity contribution in [1.29, 1.82) is 5.41 Å². The first-order chi connectivity index (χ1) is 23.4. The molecule has 3 heterocycles. The molecule has 0 bridgehead atoms. The van der Waals surface area contributed by atoms with E-state index in [1.165, 1.54) is 14.0 Å². The molecule has 14 nitrogen and oxygen atoms in total. The molecule has 3 saturated heterocycles. The highest BCUT2D eigenvalue weighted by atomic mass is 16.7. The fourth-order valence-corrected chi connectivity index (χ4v) is 8.43. The second-order valence-electron chi connectivity index (χ2n) is 16.5. The van der Waals surface area contributed by atoms with Gasteiger partial charge in [-0.1, -0.05) is 27.7 Å². The van der Waals surface area contributed by atoms with Crippen molar-refractivity contribution in [3.8, 4) is 0 Å². The maximum Gasteiger partial charge on any atom is 0.311 e. The third kappa shape index (κ3) is 9.51. The largest absolute Gasteiger partial charge is 0.459 e. The first kappa shape index (κ1) is 44.1. The van der Waals surface area contributed by atoms with Gasteiger partial charge in [-0.05, 0) is 80.8 Å². The minimum absolute atomic E-state index is 0.0107. The van der Waals surface area contributed by atoms with E-state index in [2.05, 4.69) is 0 Å². The first-order valence-corrected chi connectivity index (χ1v) is 18.5. The number of methoxy groups -OCH3 is 1. The third-order valence-corrected chi connectivity index (χ3v) is 11.9. The van der Waals surface area contributed by atoms with Gasteiger partial charge in [-0.3, -0.25) is 4.79 Å². The number of aliphatic hydroxyl groups is 5. The molecule has 6 N–H and O–H groups in total. The maximum absolute atomic E-state index is 14.1. The van der Waals surface area contributed by atoms with Gasteiger partial charge >= 0.3 is 5.97 Å². The molecule has 0 saturated carbocycles. The molecule has 51 heavy (non-hydrogen) atoms. The molecule has 298 valence electrons. The molecular weight excluding hydrogens is 664 g/mol. The van der Waals surface area contributed by atoms with E-state index in [-0.39, 0.29) is 37.1 Å². The number of rotatable bonds is 7. The van der Waals surface area contributed by atoms with Gasteiger partial charge in [-0.2, -0.15) is 0 Å². The van der Waals surface area contributed by atoms with E-state index in [0.717, 1.165) is 0 Å². The zero-order chi connectivity index (χ0) is 39.0. The van der Waals surface area contributed by atoms with E-state index in [1.807, 2.05) is 25.9 Å². The lowest BCUT2D eigenvalue weighted by Crippen LogP contribution is -2.61. The van der Waals surface area contributed by atoms with Crippen LogP contribution in [0.2, 0.25) is 0 Å². The van der Waals surface area contributed by atoms with E-state index < -0.39 is 102 Å². The number of esters is 1. The second-order valence-corrected chi connectivity index (χ2v) is 16.5. The summed E-state index contributed by atoms with van der Waals surface area (Å²) in [5.41, 5.74) is -4.58. The Kier molecular flexibility index (Phi) is 14.7. The topological polar surface area (TPSA) is 201 Å². The van der Waals surface area contributed by atoms with Gasteiger partial charge in [0.1, 0.15) is 23.9 Å². The Morgan fingerprint density at radius 3 is 2.08 bits per heavy atom. The molecule has 3 fully saturated rings. The zero-order valence-electron chi connectivity index (χ0n) is 33.0. The zero-order valence-corrected chi connectivity index (χ0v) is 33.0. The highest BCUT2D eigenvalue weighted by Gasteiger charge is 2.53. The summed E-state index contributed by atoms with van der Waals surface area (Å²) in [6, 6.07) is -0.304. The number of carbonyl (C=O) groups is 1.